The number of nitrogens with zero attached hydrogens (tertiary/aromatic N) is 3. The summed E-state index contributed by atoms with van der Waals surface area (Å²) in [5, 5.41) is 11.0. The average Bonchev–Trinajstić information content (AvgIpc) is 2.26. The van der Waals surface area contributed by atoms with Gasteiger partial charge in [0.25, 0.3) is 0 Å². The molecular formula is C10H13N5. The molecule has 1 aromatic heterocycles. The molecule has 0 radical (unpaired) electrons. The molecule has 1 unspecified atom stereocenters. The van der Waals surface area contributed by atoms with E-state index in [1.165, 1.54) is 0 Å². The zero-order chi connectivity index (χ0) is 10.7. The number of nitrogens with one attached hydrogen (secondary N) is 1. The number of rotatable bonds is 3. The maximum atomic E-state index is 5.61. The fourth-order valence-corrected chi connectivity index (χ4v) is 1.21. The molecule has 0 bridgehead atoms. The average molecular weight is 203 g/mol. The Kier molecular flexibility index (Phi) is 2.73. The van der Waals surface area contributed by atoms with Gasteiger partial charge in [-0.2, -0.15) is 0 Å². The summed E-state index contributed by atoms with van der Waals surface area (Å²) in [6.07, 6.45) is 0. The number of benzene rings is 1. The van der Waals surface area contributed by atoms with Crippen LogP contribution in [0.25, 0.3) is 11.0 Å². The molecular weight excluding hydrogens is 190 g/mol. The fraction of sp³-hybridized carbons (Fsp3) is 0.300. The molecule has 0 spiro atoms. The van der Waals surface area contributed by atoms with Crippen molar-refractivity contribution in [2.45, 2.75) is 13.0 Å². The summed E-state index contributed by atoms with van der Waals surface area (Å²) in [6.45, 7) is 2.56. The van der Waals surface area contributed by atoms with Gasteiger partial charge >= 0.3 is 0 Å². The van der Waals surface area contributed by atoms with Crippen LogP contribution in [0.2, 0.25) is 0 Å². The lowest BCUT2D eigenvalue weighted by atomic mass is 10.3. The molecule has 0 saturated heterocycles. The first kappa shape index (κ1) is 9.79. The highest BCUT2D eigenvalue weighted by atomic mass is 15.2. The number of fused-ring (bicyclic) bond motifs is 1. The second-order valence-electron chi connectivity index (χ2n) is 3.48. The first-order valence-corrected chi connectivity index (χ1v) is 4.84. The summed E-state index contributed by atoms with van der Waals surface area (Å²) in [7, 11) is 0. The molecule has 3 N–H and O–H groups in total. The molecule has 0 aliphatic rings. The predicted octanol–water partition coefficient (Wildman–Crippen LogP) is 0.784. The highest BCUT2D eigenvalue weighted by molar-refractivity contribution is 5.73. The SMILES string of the molecule is CC(N)CNc1nnc2ccccc2n1. The van der Waals surface area contributed by atoms with Gasteiger partial charge in [-0.1, -0.05) is 12.1 Å². The van der Waals surface area contributed by atoms with Crippen LogP contribution in [0.5, 0.6) is 0 Å². The van der Waals surface area contributed by atoms with E-state index in [0.717, 1.165) is 11.0 Å². The Morgan fingerprint density at radius 2 is 2.00 bits per heavy atom. The summed E-state index contributed by atoms with van der Waals surface area (Å²) in [6, 6.07) is 7.69. The maximum Gasteiger partial charge on any atom is 0.243 e. The molecule has 5 nitrogen and oxygen atoms in total. The number of hydrogen-bond donors (Lipinski definition) is 2. The minimum absolute atomic E-state index is 0.0695. The topological polar surface area (TPSA) is 76.7 Å². The summed E-state index contributed by atoms with van der Waals surface area (Å²) in [4.78, 5) is 4.31. The third-order valence-electron chi connectivity index (χ3n) is 1.94. The molecule has 1 atom stereocenters. The van der Waals surface area contributed by atoms with E-state index in [1.807, 2.05) is 31.2 Å². The van der Waals surface area contributed by atoms with Crippen molar-refractivity contribution in [3.05, 3.63) is 24.3 Å². The van der Waals surface area contributed by atoms with Gasteiger partial charge in [-0.3, -0.25) is 0 Å². The Morgan fingerprint density at radius 1 is 1.27 bits per heavy atom. The van der Waals surface area contributed by atoms with Crippen molar-refractivity contribution in [1.82, 2.24) is 15.2 Å². The van der Waals surface area contributed by atoms with E-state index in [2.05, 4.69) is 20.5 Å². The van der Waals surface area contributed by atoms with E-state index in [4.69, 9.17) is 5.73 Å². The lowest BCUT2D eigenvalue weighted by Crippen LogP contribution is -2.26. The number of aromatic nitrogens is 3. The minimum atomic E-state index is 0.0695. The van der Waals surface area contributed by atoms with Gasteiger partial charge in [0.15, 0.2) is 0 Å². The van der Waals surface area contributed by atoms with Gasteiger partial charge in [0, 0.05) is 12.6 Å². The molecule has 0 saturated carbocycles. The molecule has 0 amide bonds. The molecule has 0 aliphatic carbocycles. The van der Waals surface area contributed by atoms with Crippen molar-refractivity contribution in [1.29, 1.82) is 0 Å². The first-order chi connectivity index (χ1) is 7.25. The van der Waals surface area contributed by atoms with E-state index in [-0.39, 0.29) is 6.04 Å². The summed E-state index contributed by atoms with van der Waals surface area (Å²) < 4.78 is 0. The van der Waals surface area contributed by atoms with Crippen molar-refractivity contribution < 1.29 is 0 Å². The van der Waals surface area contributed by atoms with E-state index in [9.17, 15) is 0 Å². The van der Waals surface area contributed by atoms with Crippen LogP contribution in [0.4, 0.5) is 5.95 Å². The third-order valence-corrected chi connectivity index (χ3v) is 1.94. The van der Waals surface area contributed by atoms with Crippen LogP contribution in [0.15, 0.2) is 24.3 Å². The first-order valence-electron chi connectivity index (χ1n) is 4.84. The molecule has 2 aromatic rings. The van der Waals surface area contributed by atoms with E-state index >= 15 is 0 Å². The number of anilines is 1. The second-order valence-corrected chi connectivity index (χ2v) is 3.48. The normalized spacial score (nSPS) is 12.7. The number of para-hydroxylation sites is 1. The lowest BCUT2D eigenvalue weighted by molar-refractivity contribution is 0.771. The number of nitrogens with two attached hydrogens (primary N) is 1. The van der Waals surface area contributed by atoms with Crippen LogP contribution in [0, 0.1) is 0 Å². The molecule has 15 heavy (non-hydrogen) atoms. The largest absolute Gasteiger partial charge is 0.351 e. The standard InChI is InChI=1S/C10H13N5/c1-7(11)6-12-10-13-8-4-2-3-5-9(8)14-15-10/h2-5,7H,6,11H2,1H3,(H,12,13,15). The summed E-state index contributed by atoms with van der Waals surface area (Å²) in [5.41, 5.74) is 7.24. The van der Waals surface area contributed by atoms with E-state index in [0.29, 0.717) is 12.5 Å². The highest BCUT2D eigenvalue weighted by Gasteiger charge is 2.00. The zero-order valence-electron chi connectivity index (χ0n) is 8.51. The maximum absolute atomic E-state index is 5.61. The van der Waals surface area contributed by atoms with Crippen LogP contribution >= 0.6 is 0 Å². The molecule has 78 valence electrons. The van der Waals surface area contributed by atoms with Gasteiger partial charge in [0.05, 0.1) is 5.52 Å². The smallest absolute Gasteiger partial charge is 0.243 e. The van der Waals surface area contributed by atoms with Crippen molar-refractivity contribution in [3.8, 4) is 0 Å². The van der Waals surface area contributed by atoms with Gasteiger partial charge in [-0.15, -0.1) is 10.2 Å². The fourth-order valence-electron chi connectivity index (χ4n) is 1.21. The quantitative estimate of drug-likeness (QED) is 0.771. The molecule has 0 fully saturated rings. The monoisotopic (exact) mass is 203 g/mol. The van der Waals surface area contributed by atoms with Gasteiger partial charge in [0.1, 0.15) is 5.52 Å². The summed E-state index contributed by atoms with van der Waals surface area (Å²) >= 11 is 0. The zero-order valence-corrected chi connectivity index (χ0v) is 8.51. The van der Waals surface area contributed by atoms with Gasteiger partial charge < -0.3 is 11.1 Å². The van der Waals surface area contributed by atoms with E-state index in [1.54, 1.807) is 0 Å². The third kappa shape index (κ3) is 2.38. The van der Waals surface area contributed by atoms with Crippen molar-refractivity contribution in [3.63, 3.8) is 0 Å². The Morgan fingerprint density at radius 3 is 2.73 bits per heavy atom. The van der Waals surface area contributed by atoms with Gasteiger partial charge in [-0.25, -0.2) is 4.98 Å². The van der Waals surface area contributed by atoms with Crippen LogP contribution in [0.3, 0.4) is 0 Å². The minimum Gasteiger partial charge on any atom is -0.351 e. The Bertz CT molecular complexity index is 454. The van der Waals surface area contributed by atoms with Gasteiger partial charge in [0.2, 0.25) is 5.95 Å². The van der Waals surface area contributed by atoms with Gasteiger partial charge in [-0.05, 0) is 19.1 Å². The van der Waals surface area contributed by atoms with Crippen molar-refractivity contribution >= 4 is 17.0 Å². The summed E-state index contributed by atoms with van der Waals surface area (Å²) in [5.74, 6) is 0.519. The second kappa shape index (κ2) is 4.18. The molecule has 1 heterocycles. The van der Waals surface area contributed by atoms with Crippen LogP contribution in [-0.2, 0) is 0 Å². The van der Waals surface area contributed by atoms with E-state index < -0.39 is 0 Å². The van der Waals surface area contributed by atoms with Crippen molar-refractivity contribution in [2.75, 3.05) is 11.9 Å². The van der Waals surface area contributed by atoms with Crippen molar-refractivity contribution in [2.24, 2.45) is 5.73 Å². The molecule has 1 aromatic carbocycles. The lowest BCUT2D eigenvalue weighted by Gasteiger charge is -2.06. The molecule has 0 aliphatic heterocycles. The Hall–Kier alpha value is -1.75. The number of hydrogen-bond acceptors (Lipinski definition) is 5. The Balaban J connectivity index is 2.23. The predicted molar refractivity (Wildman–Crippen MR) is 59.5 cm³/mol. The highest BCUT2D eigenvalue weighted by Crippen LogP contribution is 2.08. The molecule has 2 rings (SSSR count). The van der Waals surface area contributed by atoms with Crippen LogP contribution < -0.4 is 11.1 Å². The Labute approximate surface area is 87.7 Å². The van der Waals surface area contributed by atoms with Crippen LogP contribution in [0.1, 0.15) is 6.92 Å². The molecule has 5 heteroatoms. The van der Waals surface area contributed by atoms with Crippen LogP contribution in [-0.4, -0.2) is 27.8 Å².